The Morgan fingerprint density at radius 1 is 1.50 bits per heavy atom. The van der Waals surface area contributed by atoms with Gasteiger partial charge in [-0.15, -0.1) is 11.3 Å². The van der Waals surface area contributed by atoms with Crippen molar-refractivity contribution in [2.45, 2.75) is 26.3 Å². The Bertz CT molecular complexity index is 265. The maximum absolute atomic E-state index is 6.18. The van der Waals surface area contributed by atoms with Crippen molar-refractivity contribution in [2.24, 2.45) is 11.7 Å². The van der Waals surface area contributed by atoms with E-state index in [4.69, 9.17) is 5.73 Å². The molecule has 1 aromatic heterocycles. The van der Waals surface area contributed by atoms with Gasteiger partial charge >= 0.3 is 0 Å². The summed E-state index contributed by atoms with van der Waals surface area (Å²) in [5.41, 5.74) is 5.99. The van der Waals surface area contributed by atoms with Gasteiger partial charge in [0.15, 0.2) is 0 Å². The molecule has 0 spiro atoms. The maximum atomic E-state index is 6.18. The highest BCUT2D eigenvalue weighted by Gasteiger charge is 2.26. The summed E-state index contributed by atoms with van der Waals surface area (Å²) in [6, 6.07) is 4.14. The largest absolute Gasteiger partial charge is 0.321 e. The second-order valence-electron chi connectivity index (χ2n) is 3.54. The van der Waals surface area contributed by atoms with Crippen LogP contribution in [0.5, 0.6) is 0 Å². The Morgan fingerprint density at radius 2 is 2.08 bits per heavy atom. The summed E-state index contributed by atoms with van der Waals surface area (Å²) < 4.78 is 1.15. The standard InChI is InChI=1S/C9H14BrNS/c1-6(2)9(3,11)7-4-5-8(10)12-7/h4-6H,11H2,1-3H3. The number of hydrogen-bond donors (Lipinski definition) is 1. The lowest BCUT2D eigenvalue weighted by atomic mass is 9.88. The number of hydrogen-bond acceptors (Lipinski definition) is 2. The molecule has 1 aromatic rings. The fourth-order valence-electron chi connectivity index (χ4n) is 0.888. The molecule has 2 N–H and O–H groups in total. The van der Waals surface area contributed by atoms with E-state index in [2.05, 4.69) is 42.8 Å². The van der Waals surface area contributed by atoms with Gasteiger partial charge in [-0.3, -0.25) is 0 Å². The summed E-state index contributed by atoms with van der Waals surface area (Å²) in [4.78, 5) is 1.24. The first-order valence-corrected chi connectivity index (χ1v) is 5.60. The van der Waals surface area contributed by atoms with E-state index in [9.17, 15) is 0 Å². The quantitative estimate of drug-likeness (QED) is 0.853. The predicted molar refractivity (Wildman–Crippen MR) is 58.4 cm³/mol. The molecule has 0 aliphatic heterocycles. The lowest BCUT2D eigenvalue weighted by molar-refractivity contribution is 0.357. The molecule has 0 saturated carbocycles. The first kappa shape index (κ1) is 10.2. The van der Waals surface area contributed by atoms with E-state index >= 15 is 0 Å². The van der Waals surface area contributed by atoms with E-state index in [1.165, 1.54) is 4.88 Å². The molecule has 1 heterocycles. The van der Waals surface area contributed by atoms with Crippen LogP contribution in [0.1, 0.15) is 25.6 Å². The van der Waals surface area contributed by atoms with Gasteiger partial charge in [0.05, 0.1) is 3.79 Å². The number of thiophene rings is 1. The van der Waals surface area contributed by atoms with Crippen molar-refractivity contribution in [1.82, 2.24) is 0 Å². The molecule has 0 aromatic carbocycles. The summed E-state index contributed by atoms with van der Waals surface area (Å²) in [6.07, 6.45) is 0. The topological polar surface area (TPSA) is 26.0 Å². The van der Waals surface area contributed by atoms with Crippen molar-refractivity contribution in [3.05, 3.63) is 20.8 Å². The van der Waals surface area contributed by atoms with Crippen LogP contribution >= 0.6 is 27.3 Å². The highest BCUT2D eigenvalue weighted by Crippen LogP contribution is 2.33. The minimum Gasteiger partial charge on any atom is -0.321 e. The summed E-state index contributed by atoms with van der Waals surface area (Å²) >= 11 is 5.15. The monoisotopic (exact) mass is 247 g/mol. The smallest absolute Gasteiger partial charge is 0.0702 e. The van der Waals surface area contributed by atoms with Crippen LogP contribution in [0.2, 0.25) is 0 Å². The SMILES string of the molecule is CC(C)C(C)(N)c1ccc(Br)s1. The van der Waals surface area contributed by atoms with E-state index in [-0.39, 0.29) is 5.54 Å². The fourth-order valence-corrected chi connectivity index (χ4v) is 2.48. The number of halogens is 1. The first-order chi connectivity index (χ1) is 5.44. The van der Waals surface area contributed by atoms with Crippen molar-refractivity contribution in [3.8, 4) is 0 Å². The van der Waals surface area contributed by atoms with Crippen LogP contribution in [0, 0.1) is 5.92 Å². The number of nitrogens with two attached hydrogens (primary N) is 1. The highest BCUT2D eigenvalue weighted by molar-refractivity contribution is 9.11. The Hall–Kier alpha value is 0.140. The van der Waals surface area contributed by atoms with Gasteiger partial charge in [0, 0.05) is 10.4 Å². The average Bonchev–Trinajstić information content (AvgIpc) is 2.35. The van der Waals surface area contributed by atoms with Gasteiger partial charge in [0.1, 0.15) is 0 Å². The van der Waals surface area contributed by atoms with Gasteiger partial charge in [-0.05, 0) is 40.9 Å². The highest BCUT2D eigenvalue weighted by atomic mass is 79.9. The molecule has 0 fully saturated rings. The Kier molecular flexibility index (Phi) is 2.97. The van der Waals surface area contributed by atoms with Crippen molar-refractivity contribution in [3.63, 3.8) is 0 Å². The molecule has 3 heteroatoms. The third kappa shape index (κ3) is 1.90. The van der Waals surface area contributed by atoms with Crippen LogP contribution in [0.4, 0.5) is 0 Å². The lowest BCUT2D eigenvalue weighted by Gasteiger charge is -2.27. The van der Waals surface area contributed by atoms with Crippen LogP contribution in [-0.2, 0) is 5.54 Å². The van der Waals surface area contributed by atoms with Gasteiger partial charge in [0.25, 0.3) is 0 Å². The number of rotatable bonds is 2. The third-order valence-electron chi connectivity index (χ3n) is 2.30. The molecule has 12 heavy (non-hydrogen) atoms. The van der Waals surface area contributed by atoms with Crippen LogP contribution in [0.15, 0.2) is 15.9 Å². The second-order valence-corrected chi connectivity index (χ2v) is 6.00. The zero-order chi connectivity index (χ0) is 9.35. The minimum absolute atomic E-state index is 0.198. The maximum Gasteiger partial charge on any atom is 0.0702 e. The van der Waals surface area contributed by atoms with Gasteiger partial charge in [-0.25, -0.2) is 0 Å². The van der Waals surface area contributed by atoms with E-state index in [1.807, 2.05) is 6.07 Å². The molecule has 68 valence electrons. The molecule has 1 rings (SSSR count). The van der Waals surface area contributed by atoms with Crippen LogP contribution in [-0.4, -0.2) is 0 Å². The van der Waals surface area contributed by atoms with Crippen molar-refractivity contribution in [1.29, 1.82) is 0 Å². The van der Waals surface area contributed by atoms with E-state index in [0.717, 1.165) is 3.79 Å². The molecular weight excluding hydrogens is 234 g/mol. The van der Waals surface area contributed by atoms with Crippen molar-refractivity contribution < 1.29 is 0 Å². The molecule has 0 radical (unpaired) electrons. The van der Waals surface area contributed by atoms with Crippen LogP contribution in [0.3, 0.4) is 0 Å². The second kappa shape index (κ2) is 3.48. The van der Waals surface area contributed by atoms with Gasteiger partial charge in [-0.1, -0.05) is 13.8 Å². The lowest BCUT2D eigenvalue weighted by Crippen LogP contribution is -2.37. The normalized spacial score (nSPS) is 16.5. The third-order valence-corrected chi connectivity index (χ3v) is 4.18. The first-order valence-electron chi connectivity index (χ1n) is 3.99. The molecule has 0 bridgehead atoms. The average molecular weight is 248 g/mol. The molecule has 0 amide bonds. The predicted octanol–water partition coefficient (Wildman–Crippen LogP) is 3.34. The minimum atomic E-state index is -0.198. The Labute approximate surface area is 86.1 Å². The fraction of sp³-hybridized carbons (Fsp3) is 0.556. The van der Waals surface area contributed by atoms with Gasteiger partial charge < -0.3 is 5.73 Å². The molecule has 0 saturated heterocycles. The van der Waals surface area contributed by atoms with Gasteiger partial charge in [0.2, 0.25) is 0 Å². The summed E-state index contributed by atoms with van der Waals surface area (Å²) in [6.45, 7) is 6.37. The molecule has 1 atom stereocenters. The van der Waals surface area contributed by atoms with Crippen LogP contribution < -0.4 is 5.73 Å². The van der Waals surface area contributed by atoms with Gasteiger partial charge in [-0.2, -0.15) is 0 Å². The summed E-state index contributed by atoms with van der Waals surface area (Å²) in [7, 11) is 0. The summed E-state index contributed by atoms with van der Waals surface area (Å²) in [5.74, 6) is 0.461. The van der Waals surface area contributed by atoms with E-state index in [0.29, 0.717) is 5.92 Å². The van der Waals surface area contributed by atoms with E-state index in [1.54, 1.807) is 11.3 Å². The molecule has 0 aliphatic rings. The van der Waals surface area contributed by atoms with Crippen molar-refractivity contribution in [2.75, 3.05) is 0 Å². The zero-order valence-electron chi connectivity index (χ0n) is 7.60. The van der Waals surface area contributed by atoms with Crippen LogP contribution in [0.25, 0.3) is 0 Å². The summed E-state index contributed by atoms with van der Waals surface area (Å²) in [5, 5.41) is 0. The molecular formula is C9H14BrNS. The van der Waals surface area contributed by atoms with Crippen molar-refractivity contribution >= 4 is 27.3 Å². The zero-order valence-corrected chi connectivity index (χ0v) is 10.00. The van der Waals surface area contributed by atoms with E-state index < -0.39 is 0 Å². The molecule has 1 nitrogen and oxygen atoms in total. The molecule has 1 unspecified atom stereocenters. The molecule has 0 aliphatic carbocycles. The Morgan fingerprint density at radius 3 is 2.42 bits per heavy atom. The Balaban J connectivity index is 2.97.